The molecule has 106 valence electrons. The van der Waals surface area contributed by atoms with Crippen LogP contribution in [0.2, 0.25) is 0 Å². The fourth-order valence-electron chi connectivity index (χ4n) is 2.06. The molecule has 0 aliphatic heterocycles. The van der Waals surface area contributed by atoms with E-state index in [1.807, 2.05) is 13.2 Å². The Morgan fingerprint density at radius 1 is 1.35 bits per heavy atom. The quantitative estimate of drug-likeness (QED) is 0.856. The van der Waals surface area contributed by atoms with Gasteiger partial charge in [-0.2, -0.15) is 15.0 Å². The lowest BCUT2D eigenvalue weighted by atomic mass is 10.4. The van der Waals surface area contributed by atoms with Crippen LogP contribution in [-0.2, 0) is 0 Å². The lowest BCUT2D eigenvalue weighted by molar-refractivity contribution is 0.712. The molecule has 7 heteroatoms. The molecule has 2 aromatic rings. The van der Waals surface area contributed by atoms with Crippen molar-refractivity contribution in [2.75, 3.05) is 30.4 Å². The number of nitrogens with one attached hydrogen (secondary N) is 1. The zero-order valence-electron chi connectivity index (χ0n) is 11.8. The third-order valence-corrected chi connectivity index (χ3v) is 3.41. The third kappa shape index (κ3) is 2.71. The Morgan fingerprint density at radius 3 is 2.80 bits per heavy atom. The van der Waals surface area contributed by atoms with Crippen LogP contribution in [-0.4, -0.2) is 44.6 Å². The van der Waals surface area contributed by atoms with Crippen LogP contribution >= 0.6 is 0 Å². The first-order valence-corrected chi connectivity index (χ1v) is 6.97. The fraction of sp³-hybridized carbons (Fsp3) is 0.538. The van der Waals surface area contributed by atoms with Crippen LogP contribution in [0.25, 0.3) is 5.95 Å². The number of imidazole rings is 1. The van der Waals surface area contributed by atoms with Gasteiger partial charge < -0.3 is 10.2 Å². The van der Waals surface area contributed by atoms with Gasteiger partial charge in [-0.3, -0.25) is 4.57 Å². The van der Waals surface area contributed by atoms with Crippen LogP contribution in [0.15, 0.2) is 18.7 Å². The maximum atomic E-state index is 4.56. The number of hydrogen-bond donors (Lipinski definition) is 1. The summed E-state index contributed by atoms with van der Waals surface area (Å²) in [6, 6.07) is 0. The second-order valence-corrected chi connectivity index (χ2v) is 4.96. The first-order valence-electron chi connectivity index (χ1n) is 6.97. The van der Waals surface area contributed by atoms with Gasteiger partial charge in [-0.15, -0.1) is 0 Å². The molecule has 0 radical (unpaired) electrons. The van der Waals surface area contributed by atoms with E-state index in [2.05, 4.69) is 37.1 Å². The predicted molar refractivity (Wildman–Crippen MR) is 77.1 cm³/mol. The summed E-state index contributed by atoms with van der Waals surface area (Å²) < 4.78 is 1.79. The van der Waals surface area contributed by atoms with Gasteiger partial charge in [-0.05, 0) is 25.7 Å². The minimum atomic E-state index is 0.577. The fourth-order valence-corrected chi connectivity index (χ4v) is 2.06. The smallest absolute Gasteiger partial charge is 0.241 e. The molecule has 2 aromatic heterocycles. The molecule has 0 unspecified atom stereocenters. The van der Waals surface area contributed by atoms with Crippen molar-refractivity contribution in [3.8, 4) is 5.95 Å². The molecule has 20 heavy (non-hydrogen) atoms. The molecule has 1 aliphatic rings. The molecule has 0 aromatic carbocycles. The van der Waals surface area contributed by atoms with Crippen LogP contribution < -0.4 is 10.2 Å². The molecule has 7 nitrogen and oxygen atoms in total. The maximum absolute atomic E-state index is 4.56. The van der Waals surface area contributed by atoms with Crippen molar-refractivity contribution >= 4 is 11.9 Å². The summed E-state index contributed by atoms with van der Waals surface area (Å²) in [6.07, 6.45) is 7.86. The number of anilines is 2. The van der Waals surface area contributed by atoms with Crippen LogP contribution in [0.4, 0.5) is 11.9 Å². The summed E-state index contributed by atoms with van der Waals surface area (Å²) in [5.41, 5.74) is 0. The molecule has 0 atom stereocenters. The molecule has 0 amide bonds. The van der Waals surface area contributed by atoms with E-state index >= 15 is 0 Å². The van der Waals surface area contributed by atoms with E-state index in [4.69, 9.17) is 0 Å². The number of rotatable bonds is 6. The summed E-state index contributed by atoms with van der Waals surface area (Å²) >= 11 is 0. The van der Waals surface area contributed by atoms with E-state index in [1.165, 1.54) is 12.8 Å². The standard InChI is InChI=1S/C13H19N7/c1-3-19(8-10-4-5-10)12-16-11(14-2)17-13(18-12)20-7-6-15-9-20/h6-7,9-10H,3-5,8H2,1-2H3,(H,14,16,17,18). The number of hydrogen-bond acceptors (Lipinski definition) is 6. The van der Waals surface area contributed by atoms with E-state index in [0.717, 1.165) is 25.0 Å². The van der Waals surface area contributed by atoms with Gasteiger partial charge in [-0.1, -0.05) is 0 Å². The molecule has 1 N–H and O–H groups in total. The highest BCUT2D eigenvalue weighted by molar-refractivity contribution is 5.40. The average Bonchev–Trinajstić information content (AvgIpc) is 3.13. The summed E-state index contributed by atoms with van der Waals surface area (Å²) in [6.45, 7) is 4.04. The van der Waals surface area contributed by atoms with Gasteiger partial charge in [0.05, 0.1) is 0 Å². The highest BCUT2D eigenvalue weighted by Gasteiger charge is 2.25. The van der Waals surface area contributed by atoms with Crippen molar-refractivity contribution in [3.63, 3.8) is 0 Å². The zero-order valence-corrected chi connectivity index (χ0v) is 11.8. The molecular weight excluding hydrogens is 254 g/mol. The Bertz CT molecular complexity index is 562. The van der Waals surface area contributed by atoms with Gasteiger partial charge >= 0.3 is 0 Å². The second-order valence-electron chi connectivity index (χ2n) is 4.96. The first-order chi connectivity index (χ1) is 9.80. The van der Waals surface area contributed by atoms with Crippen molar-refractivity contribution in [3.05, 3.63) is 18.7 Å². The highest BCUT2D eigenvalue weighted by Crippen LogP contribution is 2.30. The molecule has 0 spiro atoms. The van der Waals surface area contributed by atoms with E-state index in [9.17, 15) is 0 Å². The van der Waals surface area contributed by atoms with Crippen LogP contribution in [0.3, 0.4) is 0 Å². The first kappa shape index (κ1) is 12.8. The Kier molecular flexibility index (Phi) is 3.49. The third-order valence-electron chi connectivity index (χ3n) is 3.41. The molecule has 3 rings (SSSR count). The molecule has 0 saturated heterocycles. The lowest BCUT2D eigenvalue weighted by Crippen LogP contribution is -2.28. The van der Waals surface area contributed by atoms with E-state index in [-0.39, 0.29) is 0 Å². The topological polar surface area (TPSA) is 71.8 Å². The van der Waals surface area contributed by atoms with Crippen molar-refractivity contribution in [2.45, 2.75) is 19.8 Å². The molecule has 2 heterocycles. The van der Waals surface area contributed by atoms with Crippen molar-refractivity contribution in [1.82, 2.24) is 24.5 Å². The largest absolute Gasteiger partial charge is 0.357 e. The Labute approximate surface area is 118 Å². The molecule has 0 bridgehead atoms. The van der Waals surface area contributed by atoms with Crippen molar-refractivity contribution in [2.24, 2.45) is 5.92 Å². The Morgan fingerprint density at radius 2 is 2.20 bits per heavy atom. The van der Waals surface area contributed by atoms with Crippen LogP contribution in [0.1, 0.15) is 19.8 Å². The van der Waals surface area contributed by atoms with Gasteiger partial charge in [0.15, 0.2) is 0 Å². The van der Waals surface area contributed by atoms with Crippen LogP contribution in [0.5, 0.6) is 0 Å². The SMILES string of the molecule is CCN(CC1CC1)c1nc(NC)nc(-n2ccnc2)n1. The number of aromatic nitrogens is 5. The summed E-state index contributed by atoms with van der Waals surface area (Å²) in [4.78, 5) is 19.6. The Balaban J connectivity index is 1.94. The predicted octanol–water partition coefficient (Wildman–Crippen LogP) is 1.34. The molecule has 1 fully saturated rings. The van der Waals surface area contributed by atoms with Gasteiger partial charge in [0.25, 0.3) is 0 Å². The monoisotopic (exact) mass is 273 g/mol. The molecule has 1 saturated carbocycles. The highest BCUT2D eigenvalue weighted by atomic mass is 15.3. The van der Waals surface area contributed by atoms with Crippen molar-refractivity contribution < 1.29 is 0 Å². The van der Waals surface area contributed by atoms with E-state index in [0.29, 0.717) is 11.9 Å². The molecular formula is C13H19N7. The zero-order chi connectivity index (χ0) is 13.9. The van der Waals surface area contributed by atoms with Gasteiger partial charge in [0, 0.05) is 32.5 Å². The lowest BCUT2D eigenvalue weighted by Gasteiger charge is -2.21. The number of nitrogens with zero attached hydrogens (tertiary/aromatic N) is 6. The average molecular weight is 273 g/mol. The van der Waals surface area contributed by atoms with Crippen LogP contribution in [0, 0.1) is 5.92 Å². The minimum Gasteiger partial charge on any atom is -0.357 e. The maximum Gasteiger partial charge on any atom is 0.241 e. The van der Waals surface area contributed by atoms with E-state index < -0.39 is 0 Å². The van der Waals surface area contributed by atoms with E-state index in [1.54, 1.807) is 17.1 Å². The summed E-state index contributed by atoms with van der Waals surface area (Å²) in [5, 5.41) is 2.99. The van der Waals surface area contributed by atoms with Gasteiger partial charge in [-0.25, -0.2) is 4.98 Å². The van der Waals surface area contributed by atoms with Crippen molar-refractivity contribution in [1.29, 1.82) is 0 Å². The normalized spacial score (nSPS) is 14.3. The van der Waals surface area contributed by atoms with Gasteiger partial charge in [0.1, 0.15) is 6.33 Å². The molecule has 1 aliphatic carbocycles. The summed E-state index contributed by atoms with van der Waals surface area (Å²) in [5.74, 6) is 2.68. The Hall–Kier alpha value is -2.18. The minimum absolute atomic E-state index is 0.577. The summed E-state index contributed by atoms with van der Waals surface area (Å²) in [7, 11) is 1.81. The second kappa shape index (κ2) is 5.44. The van der Waals surface area contributed by atoms with Gasteiger partial charge in [0.2, 0.25) is 17.8 Å².